The van der Waals surface area contributed by atoms with Crippen molar-refractivity contribution < 1.29 is 4.74 Å². The average molecular weight is 380 g/mol. The number of aromatic nitrogens is 2. The molecule has 0 spiro atoms. The van der Waals surface area contributed by atoms with Crippen LogP contribution in [-0.4, -0.2) is 27.6 Å². The van der Waals surface area contributed by atoms with Gasteiger partial charge in [0.15, 0.2) is 0 Å². The van der Waals surface area contributed by atoms with Gasteiger partial charge in [0.1, 0.15) is 5.75 Å². The molecule has 0 aliphatic rings. The Morgan fingerprint density at radius 2 is 1.93 bits per heavy atom. The van der Waals surface area contributed by atoms with E-state index >= 15 is 0 Å². The molecule has 0 bridgehead atoms. The SMILES string of the molecule is CCOc1ccc2nc(N/C(N)=N/C(=S)Nc3ccccc3)nc(C)c2c1. The monoisotopic (exact) mass is 380 g/mol. The number of guanidine groups is 1. The standard InChI is InChI=1S/C19H20N6OS/c1-3-26-14-9-10-16-15(11-14)12(2)21-18(23-16)24-17(20)25-19(27)22-13-7-5-4-6-8-13/h4-11H,3H2,1-2H3,(H4,20,21,22,23,24,25,27). The second-order valence-corrected chi connectivity index (χ2v) is 6.05. The molecular formula is C19H20N6OS. The van der Waals surface area contributed by atoms with Gasteiger partial charge in [-0.2, -0.15) is 4.99 Å². The number of benzene rings is 2. The predicted octanol–water partition coefficient (Wildman–Crippen LogP) is 3.46. The van der Waals surface area contributed by atoms with Crippen molar-refractivity contribution in [3.05, 3.63) is 54.2 Å². The van der Waals surface area contributed by atoms with Gasteiger partial charge in [0, 0.05) is 11.1 Å². The summed E-state index contributed by atoms with van der Waals surface area (Å²) in [6, 6.07) is 15.2. The molecule has 1 heterocycles. The van der Waals surface area contributed by atoms with Crippen LogP contribution in [0.1, 0.15) is 12.6 Å². The molecule has 0 atom stereocenters. The Bertz CT molecular complexity index is 990. The van der Waals surface area contributed by atoms with E-state index in [-0.39, 0.29) is 11.1 Å². The lowest BCUT2D eigenvalue weighted by Crippen LogP contribution is -2.26. The summed E-state index contributed by atoms with van der Waals surface area (Å²) < 4.78 is 5.52. The van der Waals surface area contributed by atoms with Gasteiger partial charge in [0.2, 0.25) is 17.0 Å². The van der Waals surface area contributed by atoms with E-state index in [1.165, 1.54) is 0 Å². The number of para-hydroxylation sites is 1. The molecule has 0 saturated heterocycles. The zero-order chi connectivity index (χ0) is 19.2. The number of nitrogens with one attached hydrogen (secondary N) is 2. The first-order valence-corrected chi connectivity index (χ1v) is 8.84. The third kappa shape index (κ3) is 4.89. The van der Waals surface area contributed by atoms with Crippen molar-refractivity contribution in [1.29, 1.82) is 0 Å². The minimum Gasteiger partial charge on any atom is -0.494 e. The number of thiocarbonyl (C=S) groups is 1. The van der Waals surface area contributed by atoms with Crippen LogP contribution in [0.2, 0.25) is 0 Å². The molecule has 7 nitrogen and oxygen atoms in total. The first-order valence-electron chi connectivity index (χ1n) is 8.43. The van der Waals surface area contributed by atoms with Gasteiger partial charge in [-0.15, -0.1) is 0 Å². The van der Waals surface area contributed by atoms with Crippen LogP contribution in [0.5, 0.6) is 5.75 Å². The molecule has 0 radical (unpaired) electrons. The maximum Gasteiger partial charge on any atom is 0.230 e. The molecule has 0 saturated carbocycles. The summed E-state index contributed by atoms with van der Waals surface area (Å²) in [6.45, 7) is 4.45. The molecule has 8 heteroatoms. The zero-order valence-electron chi connectivity index (χ0n) is 15.1. The number of ether oxygens (including phenoxy) is 1. The number of fused-ring (bicyclic) bond motifs is 1. The summed E-state index contributed by atoms with van der Waals surface area (Å²) in [5.74, 6) is 1.25. The van der Waals surface area contributed by atoms with Crippen molar-refractivity contribution in [1.82, 2.24) is 9.97 Å². The van der Waals surface area contributed by atoms with Crippen molar-refractivity contribution in [2.75, 3.05) is 17.2 Å². The van der Waals surface area contributed by atoms with Crippen LogP contribution in [0.15, 0.2) is 53.5 Å². The maximum atomic E-state index is 5.93. The number of aryl methyl sites for hydroxylation is 1. The van der Waals surface area contributed by atoms with Crippen molar-refractivity contribution in [3.8, 4) is 5.75 Å². The zero-order valence-corrected chi connectivity index (χ0v) is 15.9. The van der Waals surface area contributed by atoms with Gasteiger partial charge in [0.25, 0.3) is 0 Å². The molecule has 0 amide bonds. The molecule has 0 aliphatic carbocycles. The smallest absolute Gasteiger partial charge is 0.230 e. The van der Waals surface area contributed by atoms with Crippen LogP contribution < -0.4 is 21.1 Å². The van der Waals surface area contributed by atoms with Crippen LogP contribution in [0.3, 0.4) is 0 Å². The number of nitrogens with two attached hydrogens (primary N) is 1. The van der Waals surface area contributed by atoms with E-state index in [2.05, 4.69) is 25.6 Å². The summed E-state index contributed by atoms with van der Waals surface area (Å²) in [4.78, 5) is 13.0. The Labute approximate surface area is 162 Å². The Morgan fingerprint density at radius 3 is 2.67 bits per heavy atom. The first kappa shape index (κ1) is 18.5. The number of hydrogen-bond acceptors (Lipinski definition) is 4. The van der Waals surface area contributed by atoms with Gasteiger partial charge >= 0.3 is 0 Å². The molecule has 3 aromatic rings. The van der Waals surface area contributed by atoms with Crippen molar-refractivity contribution in [3.63, 3.8) is 0 Å². The number of nitrogens with zero attached hydrogens (tertiary/aromatic N) is 3. The van der Waals surface area contributed by atoms with E-state index < -0.39 is 0 Å². The molecule has 0 fully saturated rings. The van der Waals surface area contributed by atoms with Gasteiger partial charge in [-0.3, -0.25) is 5.32 Å². The van der Waals surface area contributed by atoms with E-state index in [1.54, 1.807) is 0 Å². The maximum absolute atomic E-state index is 5.93. The highest BCUT2D eigenvalue weighted by Crippen LogP contribution is 2.22. The van der Waals surface area contributed by atoms with E-state index in [4.69, 9.17) is 22.7 Å². The molecule has 4 N–H and O–H groups in total. The molecule has 138 valence electrons. The summed E-state index contributed by atoms with van der Waals surface area (Å²) in [5.41, 5.74) is 8.36. The minimum atomic E-state index is 0.105. The molecule has 1 aromatic heterocycles. The molecule has 0 unspecified atom stereocenters. The van der Waals surface area contributed by atoms with Crippen LogP contribution in [0, 0.1) is 6.92 Å². The molecule has 2 aromatic carbocycles. The normalized spacial score (nSPS) is 11.3. The topological polar surface area (TPSA) is 97.5 Å². The van der Waals surface area contributed by atoms with Crippen molar-refractivity contribution in [2.24, 2.45) is 10.7 Å². The van der Waals surface area contributed by atoms with E-state index in [0.29, 0.717) is 12.6 Å². The van der Waals surface area contributed by atoms with Gasteiger partial charge in [-0.1, -0.05) is 18.2 Å². The number of anilines is 2. The van der Waals surface area contributed by atoms with Crippen LogP contribution >= 0.6 is 12.2 Å². The third-order valence-electron chi connectivity index (χ3n) is 3.66. The second kappa shape index (κ2) is 8.41. The lowest BCUT2D eigenvalue weighted by molar-refractivity contribution is 0.340. The van der Waals surface area contributed by atoms with Crippen LogP contribution in [0.4, 0.5) is 11.6 Å². The highest BCUT2D eigenvalue weighted by Gasteiger charge is 2.07. The Kier molecular flexibility index (Phi) is 5.77. The largest absolute Gasteiger partial charge is 0.494 e. The van der Waals surface area contributed by atoms with Gasteiger partial charge in [-0.05, 0) is 56.4 Å². The molecule has 0 aliphatic heterocycles. The fourth-order valence-corrected chi connectivity index (χ4v) is 2.71. The summed E-state index contributed by atoms with van der Waals surface area (Å²) in [7, 11) is 0. The van der Waals surface area contributed by atoms with Gasteiger partial charge < -0.3 is 15.8 Å². The van der Waals surface area contributed by atoms with E-state index in [9.17, 15) is 0 Å². The highest BCUT2D eigenvalue weighted by atomic mass is 32.1. The molecule has 3 rings (SSSR count). The van der Waals surface area contributed by atoms with Crippen LogP contribution in [-0.2, 0) is 0 Å². The fourth-order valence-electron chi connectivity index (χ4n) is 2.50. The molecule has 27 heavy (non-hydrogen) atoms. The quantitative estimate of drug-likeness (QED) is 0.362. The average Bonchev–Trinajstić information content (AvgIpc) is 2.63. The summed E-state index contributed by atoms with van der Waals surface area (Å²) in [6.07, 6.45) is 0. The van der Waals surface area contributed by atoms with Crippen molar-refractivity contribution in [2.45, 2.75) is 13.8 Å². The number of aliphatic imine (C=N–C) groups is 1. The summed E-state index contributed by atoms with van der Waals surface area (Å²) in [5, 5.41) is 7.03. The Morgan fingerprint density at radius 1 is 1.15 bits per heavy atom. The first-order chi connectivity index (χ1) is 13.0. The van der Waals surface area contributed by atoms with Gasteiger partial charge in [0.05, 0.1) is 17.8 Å². The van der Waals surface area contributed by atoms with Crippen LogP contribution in [0.25, 0.3) is 10.9 Å². The van der Waals surface area contributed by atoms with Gasteiger partial charge in [-0.25, -0.2) is 9.97 Å². The Balaban J connectivity index is 1.75. The van der Waals surface area contributed by atoms with E-state index in [1.807, 2.05) is 62.4 Å². The third-order valence-corrected chi connectivity index (χ3v) is 3.85. The Hall–Kier alpha value is -3.26. The highest BCUT2D eigenvalue weighted by molar-refractivity contribution is 7.80. The number of hydrogen-bond donors (Lipinski definition) is 3. The van der Waals surface area contributed by atoms with E-state index in [0.717, 1.165) is 28.0 Å². The fraction of sp³-hybridized carbons (Fsp3) is 0.158. The summed E-state index contributed by atoms with van der Waals surface area (Å²) >= 11 is 5.20. The lowest BCUT2D eigenvalue weighted by Gasteiger charge is -2.10. The minimum absolute atomic E-state index is 0.105. The molecular weight excluding hydrogens is 360 g/mol. The lowest BCUT2D eigenvalue weighted by atomic mass is 10.2. The number of rotatable bonds is 4. The predicted molar refractivity (Wildman–Crippen MR) is 113 cm³/mol. The van der Waals surface area contributed by atoms with Crippen molar-refractivity contribution >= 4 is 45.8 Å². The second-order valence-electron chi connectivity index (χ2n) is 5.66.